The van der Waals surface area contributed by atoms with Gasteiger partial charge in [0.1, 0.15) is 0 Å². The highest BCUT2D eigenvalue weighted by Gasteiger charge is 2.17. The summed E-state index contributed by atoms with van der Waals surface area (Å²) in [7, 11) is 0. The van der Waals surface area contributed by atoms with E-state index in [2.05, 4.69) is 22.9 Å². The fraction of sp³-hybridized carbons (Fsp3) is 0.636. The van der Waals surface area contributed by atoms with Crippen molar-refractivity contribution in [1.82, 2.24) is 16.0 Å². The van der Waals surface area contributed by atoms with Gasteiger partial charge in [0.25, 0.3) is 5.91 Å². The summed E-state index contributed by atoms with van der Waals surface area (Å²) >= 11 is 0. The van der Waals surface area contributed by atoms with Gasteiger partial charge in [0, 0.05) is 31.3 Å². The first-order chi connectivity index (χ1) is 13.7. The average Bonchev–Trinajstić information content (AvgIpc) is 3.25. The lowest BCUT2D eigenvalue weighted by atomic mass is 9.96. The summed E-state index contributed by atoms with van der Waals surface area (Å²) in [4.78, 5) is 17.2. The van der Waals surface area contributed by atoms with E-state index in [0.717, 1.165) is 37.5 Å². The summed E-state index contributed by atoms with van der Waals surface area (Å²) in [5.74, 6) is 0.816. The molecule has 1 heterocycles. The van der Waals surface area contributed by atoms with Crippen LogP contribution in [0, 0.1) is 0 Å². The molecule has 0 bridgehead atoms. The van der Waals surface area contributed by atoms with Gasteiger partial charge in [-0.1, -0.05) is 31.4 Å². The fourth-order valence-corrected chi connectivity index (χ4v) is 3.86. The van der Waals surface area contributed by atoms with Crippen molar-refractivity contribution in [3.63, 3.8) is 0 Å². The highest BCUT2D eigenvalue weighted by atomic mass is 127. The van der Waals surface area contributed by atoms with Crippen molar-refractivity contribution in [2.45, 2.75) is 70.6 Å². The predicted octanol–water partition coefficient (Wildman–Crippen LogP) is 3.60. The Labute approximate surface area is 191 Å². The number of aliphatic imine (C=N–C) groups is 1. The molecular weight excluding hydrogens is 479 g/mol. The highest BCUT2D eigenvalue weighted by molar-refractivity contribution is 14.0. The molecule has 1 saturated carbocycles. The lowest BCUT2D eigenvalue weighted by Gasteiger charge is -2.24. The SMILES string of the molecule is CCNC(=NCc1cccc(C(=O)NCC2CCCO2)c1)NC1CCCCC1.I. The van der Waals surface area contributed by atoms with Crippen molar-refractivity contribution < 1.29 is 9.53 Å². The van der Waals surface area contributed by atoms with Crippen molar-refractivity contribution in [3.8, 4) is 0 Å². The number of hydrogen-bond acceptors (Lipinski definition) is 3. The Kier molecular flexibility index (Phi) is 10.8. The summed E-state index contributed by atoms with van der Waals surface area (Å²) < 4.78 is 5.57. The molecule has 1 saturated heterocycles. The van der Waals surface area contributed by atoms with Crippen molar-refractivity contribution >= 4 is 35.8 Å². The minimum Gasteiger partial charge on any atom is -0.376 e. The largest absolute Gasteiger partial charge is 0.376 e. The summed E-state index contributed by atoms with van der Waals surface area (Å²) in [5.41, 5.74) is 1.71. The summed E-state index contributed by atoms with van der Waals surface area (Å²) in [6, 6.07) is 8.24. The molecule has 0 radical (unpaired) electrons. The van der Waals surface area contributed by atoms with Crippen LogP contribution in [0.2, 0.25) is 0 Å². The van der Waals surface area contributed by atoms with E-state index in [-0.39, 0.29) is 36.0 Å². The van der Waals surface area contributed by atoms with Crippen molar-refractivity contribution in [2.75, 3.05) is 19.7 Å². The maximum Gasteiger partial charge on any atom is 0.251 e. The number of hydrogen-bond donors (Lipinski definition) is 3. The molecule has 2 aliphatic rings. The van der Waals surface area contributed by atoms with Gasteiger partial charge in [0.15, 0.2) is 5.96 Å². The van der Waals surface area contributed by atoms with E-state index in [1.807, 2.05) is 24.3 Å². The second-order valence-electron chi connectivity index (χ2n) is 7.72. The summed E-state index contributed by atoms with van der Waals surface area (Å²) in [6.07, 6.45) is 8.61. The van der Waals surface area contributed by atoms with Crippen molar-refractivity contribution in [2.24, 2.45) is 4.99 Å². The molecule has 1 atom stereocenters. The third-order valence-corrected chi connectivity index (χ3v) is 5.41. The first kappa shape index (κ1) is 23.9. The Bertz CT molecular complexity index is 656. The number of rotatable bonds is 7. The minimum absolute atomic E-state index is 0. The van der Waals surface area contributed by atoms with Crippen molar-refractivity contribution in [1.29, 1.82) is 0 Å². The molecule has 1 aromatic rings. The molecule has 1 unspecified atom stereocenters. The number of guanidine groups is 1. The highest BCUT2D eigenvalue weighted by Crippen LogP contribution is 2.17. The molecule has 1 aromatic carbocycles. The van der Waals surface area contributed by atoms with Crippen LogP contribution >= 0.6 is 24.0 Å². The van der Waals surface area contributed by atoms with Crippen LogP contribution in [0.3, 0.4) is 0 Å². The lowest BCUT2D eigenvalue weighted by Crippen LogP contribution is -2.44. The van der Waals surface area contributed by atoms with Gasteiger partial charge in [-0.2, -0.15) is 0 Å². The zero-order valence-corrected chi connectivity index (χ0v) is 19.7. The van der Waals surface area contributed by atoms with E-state index in [1.165, 1.54) is 32.1 Å². The number of nitrogens with zero attached hydrogens (tertiary/aromatic N) is 1. The topological polar surface area (TPSA) is 74.8 Å². The van der Waals surface area contributed by atoms with Crippen LogP contribution in [0.25, 0.3) is 0 Å². The molecule has 29 heavy (non-hydrogen) atoms. The van der Waals surface area contributed by atoms with E-state index < -0.39 is 0 Å². The number of ether oxygens (including phenoxy) is 1. The van der Waals surface area contributed by atoms with Gasteiger partial charge in [-0.05, 0) is 50.3 Å². The quantitative estimate of drug-likeness (QED) is 0.296. The predicted molar refractivity (Wildman–Crippen MR) is 128 cm³/mol. The number of carbonyl (C=O) groups excluding carboxylic acids is 1. The van der Waals surface area contributed by atoms with Gasteiger partial charge < -0.3 is 20.7 Å². The third kappa shape index (κ3) is 8.12. The number of amides is 1. The van der Waals surface area contributed by atoms with Gasteiger partial charge in [-0.25, -0.2) is 4.99 Å². The second kappa shape index (κ2) is 13.1. The van der Waals surface area contributed by atoms with Crippen LogP contribution in [0.4, 0.5) is 0 Å². The Morgan fingerprint density at radius 1 is 1.14 bits per heavy atom. The summed E-state index contributed by atoms with van der Waals surface area (Å²) in [6.45, 7) is 4.85. The van der Waals surface area contributed by atoms with E-state index in [9.17, 15) is 4.79 Å². The molecular formula is C22H35IN4O2. The van der Waals surface area contributed by atoms with Gasteiger partial charge in [-0.3, -0.25) is 4.79 Å². The van der Waals surface area contributed by atoms with Crippen LogP contribution in [-0.2, 0) is 11.3 Å². The van der Waals surface area contributed by atoms with E-state index >= 15 is 0 Å². The number of benzene rings is 1. The number of halogens is 1. The van der Waals surface area contributed by atoms with E-state index in [0.29, 0.717) is 24.7 Å². The first-order valence-corrected chi connectivity index (χ1v) is 10.8. The molecule has 0 aromatic heterocycles. The molecule has 162 valence electrons. The van der Waals surface area contributed by atoms with Gasteiger partial charge in [-0.15, -0.1) is 24.0 Å². The molecule has 6 nitrogen and oxygen atoms in total. The Balaban J connectivity index is 0.00000300. The zero-order chi connectivity index (χ0) is 19.6. The smallest absolute Gasteiger partial charge is 0.251 e. The zero-order valence-electron chi connectivity index (χ0n) is 17.4. The summed E-state index contributed by atoms with van der Waals surface area (Å²) in [5, 5.41) is 9.88. The first-order valence-electron chi connectivity index (χ1n) is 10.8. The molecule has 7 heteroatoms. The van der Waals surface area contributed by atoms with Crippen LogP contribution < -0.4 is 16.0 Å². The Morgan fingerprint density at radius 3 is 2.69 bits per heavy atom. The Morgan fingerprint density at radius 2 is 1.97 bits per heavy atom. The molecule has 3 N–H and O–H groups in total. The van der Waals surface area contributed by atoms with Crippen LogP contribution in [0.15, 0.2) is 29.3 Å². The second-order valence-corrected chi connectivity index (χ2v) is 7.72. The molecule has 1 aliphatic carbocycles. The van der Waals surface area contributed by atoms with Gasteiger partial charge in [0.2, 0.25) is 0 Å². The molecule has 2 fully saturated rings. The maximum absolute atomic E-state index is 12.4. The van der Waals surface area contributed by atoms with E-state index in [4.69, 9.17) is 9.73 Å². The molecule has 1 amide bonds. The van der Waals surface area contributed by atoms with Crippen LogP contribution in [0.5, 0.6) is 0 Å². The van der Waals surface area contributed by atoms with Gasteiger partial charge in [0.05, 0.1) is 12.6 Å². The standard InChI is InChI=1S/C22H34N4O2.HI/c1-2-23-22(26-19-10-4-3-5-11-19)25-15-17-8-6-9-18(14-17)21(27)24-16-20-12-7-13-28-20;/h6,8-9,14,19-20H,2-5,7,10-13,15-16H2,1H3,(H,24,27)(H2,23,25,26);1H. The molecule has 1 aliphatic heterocycles. The minimum atomic E-state index is -0.0476. The number of nitrogens with one attached hydrogen (secondary N) is 3. The van der Waals surface area contributed by atoms with Crippen LogP contribution in [-0.4, -0.2) is 43.7 Å². The third-order valence-electron chi connectivity index (χ3n) is 5.41. The van der Waals surface area contributed by atoms with E-state index in [1.54, 1.807) is 0 Å². The average molecular weight is 514 g/mol. The monoisotopic (exact) mass is 514 g/mol. The maximum atomic E-state index is 12.4. The van der Waals surface area contributed by atoms with Crippen molar-refractivity contribution in [3.05, 3.63) is 35.4 Å². The van der Waals surface area contributed by atoms with Gasteiger partial charge >= 0.3 is 0 Å². The normalized spacial score (nSPS) is 20.0. The lowest BCUT2D eigenvalue weighted by molar-refractivity contribution is 0.0857. The molecule has 3 rings (SSSR count). The molecule has 0 spiro atoms. The Hall–Kier alpha value is -1.35. The number of carbonyl (C=O) groups is 1. The van der Waals surface area contributed by atoms with Crippen LogP contribution in [0.1, 0.15) is 67.8 Å². The fourth-order valence-electron chi connectivity index (χ4n) is 3.86.